The van der Waals surface area contributed by atoms with Crippen LogP contribution in [0.25, 0.3) is 0 Å². The molecule has 0 aliphatic heterocycles. The Kier molecular flexibility index (Phi) is 4.33. The fraction of sp³-hybridized carbons (Fsp3) is 0. The number of nitrogens with zero attached hydrogens (tertiary/aromatic N) is 1. The van der Waals surface area contributed by atoms with Crippen LogP contribution in [0.15, 0.2) is 17.2 Å². The second kappa shape index (κ2) is 5.31. The number of hydrogen-bond donors (Lipinski definition) is 2. The molecule has 0 fully saturated rings. The van der Waals surface area contributed by atoms with E-state index in [1.165, 1.54) is 6.07 Å². The number of rotatable bonds is 2. The summed E-state index contributed by atoms with van der Waals surface area (Å²) >= 11 is 6.36. The molecule has 0 amide bonds. The third-order valence-corrected chi connectivity index (χ3v) is 2.48. The van der Waals surface area contributed by atoms with Crippen LogP contribution in [0.2, 0.25) is 0 Å². The van der Waals surface area contributed by atoms with Gasteiger partial charge in [-0.25, -0.2) is 8.78 Å². The normalized spacial score (nSPS) is 10.6. The fourth-order valence-electron chi connectivity index (χ4n) is 0.822. The fourth-order valence-corrected chi connectivity index (χ4v) is 1.43. The van der Waals surface area contributed by atoms with Crippen LogP contribution in [0.4, 0.5) is 8.78 Å². The Balaban J connectivity index is 2.98. The molecule has 15 heavy (non-hydrogen) atoms. The summed E-state index contributed by atoms with van der Waals surface area (Å²) in [6.07, 6.45) is 1.12. The molecule has 0 aromatic heterocycles. The number of hydrazone groups is 1. The summed E-state index contributed by atoms with van der Waals surface area (Å²) in [5.41, 5.74) is 7.41. The first-order chi connectivity index (χ1) is 7.02. The Hall–Kier alpha value is -0.830. The minimum atomic E-state index is -0.949. The number of halogens is 3. The van der Waals surface area contributed by atoms with Gasteiger partial charge in [0.25, 0.3) is 0 Å². The van der Waals surface area contributed by atoms with Gasteiger partial charge in [0.15, 0.2) is 16.7 Å². The van der Waals surface area contributed by atoms with E-state index in [1.54, 1.807) is 0 Å². The van der Waals surface area contributed by atoms with E-state index < -0.39 is 11.6 Å². The minimum absolute atomic E-state index is 0.0435. The molecule has 0 atom stereocenters. The second-order valence-corrected chi connectivity index (χ2v) is 4.09. The predicted molar refractivity (Wildman–Crippen MR) is 66.6 cm³/mol. The van der Waals surface area contributed by atoms with Gasteiger partial charge < -0.3 is 5.73 Å². The number of nitrogens with one attached hydrogen (secondary N) is 1. The van der Waals surface area contributed by atoms with E-state index in [0.29, 0.717) is 3.57 Å². The van der Waals surface area contributed by atoms with Crippen LogP contribution in [0, 0.1) is 15.2 Å². The summed E-state index contributed by atoms with van der Waals surface area (Å²) in [4.78, 5) is 0. The van der Waals surface area contributed by atoms with Crippen LogP contribution in [0.3, 0.4) is 0 Å². The Morgan fingerprint density at radius 1 is 1.53 bits per heavy atom. The Morgan fingerprint density at radius 2 is 2.20 bits per heavy atom. The summed E-state index contributed by atoms with van der Waals surface area (Å²) in [7, 11) is 0. The lowest BCUT2D eigenvalue weighted by Gasteiger charge is -2.01. The zero-order valence-corrected chi connectivity index (χ0v) is 10.3. The first-order valence-corrected chi connectivity index (χ1v) is 5.23. The zero-order chi connectivity index (χ0) is 11.4. The van der Waals surface area contributed by atoms with Crippen molar-refractivity contribution in [3.8, 4) is 0 Å². The maximum atomic E-state index is 13.2. The van der Waals surface area contributed by atoms with E-state index in [-0.39, 0.29) is 10.7 Å². The third-order valence-electron chi connectivity index (χ3n) is 1.45. The zero-order valence-electron chi connectivity index (χ0n) is 7.30. The lowest BCUT2D eigenvalue weighted by atomic mass is 10.2. The van der Waals surface area contributed by atoms with Gasteiger partial charge in [0.1, 0.15) is 0 Å². The van der Waals surface area contributed by atoms with Crippen LogP contribution < -0.4 is 11.2 Å². The van der Waals surface area contributed by atoms with Crippen molar-refractivity contribution in [1.82, 2.24) is 5.43 Å². The maximum absolute atomic E-state index is 13.2. The summed E-state index contributed by atoms with van der Waals surface area (Å²) in [5, 5.41) is 3.51. The summed E-state index contributed by atoms with van der Waals surface area (Å²) in [6, 6.07) is 2.50. The first kappa shape index (κ1) is 12.2. The quantitative estimate of drug-likeness (QED) is 0.283. The van der Waals surface area contributed by atoms with Gasteiger partial charge in [-0.15, -0.1) is 0 Å². The van der Waals surface area contributed by atoms with Crippen molar-refractivity contribution in [2.75, 3.05) is 0 Å². The number of thiocarbonyl (C=S) groups is 1. The molecule has 3 nitrogen and oxygen atoms in total. The average molecular weight is 341 g/mol. The first-order valence-electron chi connectivity index (χ1n) is 3.74. The summed E-state index contributed by atoms with van der Waals surface area (Å²) in [5.74, 6) is -1.87. The molecule has 1 aromatic rings. The predicted octanol–water partition coefficient (Wildman–Crippen LogP) is 1.74. The summed E-state index contributed by atoms with van der Waals surface area (Å²) in [6.45, 7) is 0. The molecule has 0 heterocycles. The Labute approximate surface area is 104 Å². The molecule has 1 aromatic carbocycles. The topological polar surface area (TPSA) is 50.4 Å². The molecule has 0 unspecified atom stereocenters. The molecule has 80 valence electrons. The van der Waals surface area contributed by atoms with Gasteiger partial charge in [0.2, 0.25) is 0 Å². The van der Waals surface area contributed by atoms with E-state index in [1.807, 2.05) is 22.6 Å². The van der Waals surface area contributed by atoms with Crippen LogP contribution in [-0.4, -0.2) is 11.3 Å². The van der Waals surface area contributed by atoms with Crippen LogP contribution in [0.1, 0.15) is 5.56 Å². The van der Waals surface area contributed by atoms with Crippen molar-refractivity contribution < 1.29 is 8.78 Å². The third kappa shape index (κ3) is 3.34. The van der Waals surface area contributed by atoms with Crippen LogP contribution in [-0.2, 0) is 0 Å². The van der Waals surface area contributed by atoms with Crippen molar-refractivity contribution in [2.45, 2.75) is 0 Å². The van der Waals surface area contributed by atoms with Crippen molar-refractivity contribution in [3.63, 3.8) is 0 Å². The van der Waals surface area contributed by atoms with E-state index >= 15 is 0 Å². The van der Waals surface area contributed by atoms with Gasteiger partial charge in [0, 0.05) is 9.13 Å². The largest absolute Gasteiger partial charge is 0.375 e. The van der Waals surface area contributed by atoms with E-state index in [4.69, 9.17) is 5.73 Å². The lowest BCUT2D eigenvalue weighted by molar-refractivity contribution is 0.506. The van der Waals surface area contributed by atoms with Crippen molar-refractivity contribution >= 4 is 46.1 Å². The lowest BCUT2D eigenvalue weighted by Crippen LogP contribution is -2.24. The Morgan fingerprint density at radius 3 is 2.80 bits per heavy atom. The van der Waals surface area contributed by atoms with Crippen molar-refractivity contribution in [1.29, 1.82) is 0 Å². The molecule has 0 aliphatic carbocycles. The number of nitrogens with two attached hydrogens (primary N) is 1. The maximum Gasteiger partial charge on any atom is 0.184 e. The molecule has 3 N–H and O–H groups in total. The molecule has 0 bridgehead atoms. The second-order valence-electron chi connectivity index (χ2n) is 2.49. The minimum Gasteiger partial charge on any atom is -0.375 e. The van der Waals surface area contributed by atoms with Crippen molar-refractivity contribution in [3.05, 3.63) is 32.9 Å². The van der Waals surface area contributed by atoms with Gasteiger partial charge >= 0.3 is 0 Å². The van der Waals surface area contributed by atoms with Crippen LogP contribution in [0.5, 0.6) is 0 Å². The highest BCUT2D eigenvalue weighted by Gasteiger charge is 2.09. The monoisotopic (exact) mass is 341 g/mol. The van der Waals surface area contributed by atoms with Gasteiger partial charge in [-0.1, -0.05) is 0 Å². The smallest absolute Gasteiger partial charge is 0.184 e. The molecule has 0 aliphatic rings. The molecular formula is C8H6F2IN3S. The molecule has 0 saturated carbocycles. The molecule has 0 spiro atoms. The molecule has 0 saturated heterocycles. The van der Waals surface area contributed by atoms with Gasteiger partial charge in [-0.2, -0.15) is 5.10 Å². The highest BCUT2D eigenvalue weighted by Crippen LogP contribution is 2.16. The summed E-state index contributed by atoms with van der Waals surface area (Å²) < 4.78 is 26.6. The van der Waals surface area contributed by atoms with Crippen LogP contribution >= 0.6 is 34.8 Å². The molecule has 7 heteroatoms. The van der Waals surface area contributed by atoms with E-state index in [0.717, 1.165) is 12.3 Å². The van der Waals surface area contributed by atoms with Crippen molar-refractivity contribution in [2.24, 2.45) is 10.8 Å². The number of benzene rings is 1. The van der Waals surface area contributed by atoms with Gasteiger partial charge in [0.05, 0.1) is 6.21 Å². The molecule has 1 rings (SSSR count). The molecule has 0 radical (unpaired) electrons. The number of hydrogen-bond acceptors (Lipinski definition) is 2. The van der Waals surface area contributed by atoms with E-state index in [9.17, 15) is 8.78 Å². The standard InChI is InChI=1S/C8H6F2IN3S/c9-5-1-2-6(11)4(7(5)10)3-13-14-8(12)15/h1-3H,(H3,12,14,15). The SMILES string of the molecule is NC(=S)NN=Cc1c(I)ccc(F)c1F. The molecular weight excluding hydrogens is 335 g/mol. The van der Waals surface area contributed by atoms with Gasteiger partial charge in [-0.05, 0) is 46.9 Å². The highest BCUT2D eigenvalue weighted by molar-refractivity contribution is 14.1. The Bertz CT molecular complexity index is 423. The van der Waals surface area contributed by atoms with Gasteiger partial charge in [-0.3, -0.25) is 5.43 Å². The van der Waals surface area contributed by atoms with E-state index in [2.05, 4.69) is 22.7 Å². The highest BCUT2D eigenvalue weighted by atomic mass is 127. The average Bonchev–Trinajstić information content (AvgIpc) is 2.17.